The maximum Gasteiger partial charge on any atom is 0.155 e. The fourth-order valence-corrected chi connectivity index (χ4v) is 2.00. The summed E-state index contributed by atoms with van der Waals surface area (Å²) >= 11 is 0. The lowest BCUT2D eigenvalue weighted by Crippen LogP contribution is -2.22. The first-order valence-electron chi connectivity index (χ1n) is 4.79. The molecule has 3 rings (SSSR count). The Hall–Kier alpha value is -1.42. The van der Waals surface area contributed by atoms with E-state index < -0.39 is 0 Å². The molecule has 1 aliphatic rings. The standard InChI is InChI=1S/C10H12N4/c1-7-9(10(11)2-3-10)14-5-4-12-6-8(14)13-7/h4-6H,2-3,11H2,1H3. The highest BCUT2D eigenvalue weighted by Gasteiger charge is 2.43. The monoisotopic (exact) mass is 188 g/mol. The molecule has 0 saturated heterocycles. The first-order chi connectivity index (χ1) is 6.71. The van der Waals surface area contributed by atoms with E-state index in [9.17, 15) is 0 Å². The molecule has 0 bridgehead atoms. The van der Waals surface area contributed by atoms with E-state index >= 15 is 0 Å². The summed E-state index contributed by atoms with van der Waals surface area (Å²) in [5.74, 6) is 0. The van der Waals surface area contributed by atoms with Crippen molar-refractivity contribution in [1.82, 2.24) is 14.4 Å². The van der Waals surface area contributed by atoms with Gasteiger partial charge in [0.25, 0.3) is 0 Å². The lowest BCUT2D eigenvalue weighted by molar-refractivity contribution is 0.691. The van der Waals surface area contributed by atoms with E-state index in [1.807, 2.05) is 13.1 Å². The second-order valence-corrected chi connectivity index (χ2v) is 4.01. The van der Waals surface area contributed by atoms with Crippen LogP contribution in [0.1, 0.15) is 24.2 Å². The Labute approximate surface area is 81.8 Å². The van der Waals surface area contributed by atoms with Gasteiger partial charge in [0.2, 0.25) is 0 Å². The molecule has 0 atom stereocenters. The average molecular weight is 188 g/mol. The van der Waals surface area contributed by atoms with Crippen molar-refractivity contribution in [3.8, 4) is 0 Å². The highest BCUT2D eigenvalue weighted by molar-refractivity contribution is 5.44. The number of aryl methyl sites for hydroxylation is 1. The summed E-state index contributed by atoms with van der Waals surface area (Å²) in [5, 5.41) is 0. The summed E-state index contributed by atoms with van der Waals surface area (Å²) in [6, 6.07) is 0. The van der Waals surface area contributed by atoms with E-state index in [-0.39, 0.29) is 5.54 Å². The van der Waals surface area contributed by atoms with Crippen LogP contribution < -0.4 is 5.73 Å². The maximum absolute atomic E-state index is 6.20. The van der Waals surface area contributed by atoms with Crippen LogP contribution in [0.15, 0.2) is 18.6 Å². The van der Waals surface area contributed by atoms with E-state index in [0.717, 1.165) is 29.9 Å². The fraction of sp³-hybridized carbons (Fsp3) is 0.400. The minimum atomic E-state index is -0.134. The van der Waals surface area contributed by atoms with Crippen molar-refractivity contribution in [2.75, 3.05) is 0 Å². The molecule has 0 spiro atoms. The van der Waals surface area contributed by atoms with Crippen molar-refractivity contribution in [2.45, 2.75) is 25.3 Å². The van der Waals surface area contributed by atoms with Crippen LogP contribution in [0.4, 0.5) is 0 Å². The summed E-state index contributed by atoms with van der Waals surface area (Å²) in [4.78, 5) is 8.49. The fourth-order valence-electron chi connectivity index (χ4n) is 2.00. The van der Waals surface area contributed by atoms with Crippen molar-refractivity contribution < 1.29 is 0 Å². The van der Waals surface area contributed by atoms with Crippen molar-refractivity contribution in [3.05, 3.63) is 30.0 Å². The third-order valence-corrected chi connectivity index (χ3v) is 2.86. The summed E-state index contributed by atoms with van der Waals surface area (Å²) in [7, 11) is 0. The predicted octanol–water partition coefficient (Wildman–Crippen LogP) is 0.986. The van der Waals surface area contributed by atoms with Crippen molar-refractivity contribution in [1.29, 1.82) is 0 Å². The Balaban J connectivity index is 2.36. The van der Waals surface area contributed by atoms with Crippen LogP contribution in [0.3, 0.4) is 0 Å². The molecular formula is C10H12N4. The number of fused-ring (bicyclic) bond motifs is 1. The Kier molecular flexibility index (Phi) is 1.32. The van der Waals surface area contributed by atoms with Crippen LogP contribution in [0, 0.1) is 6.92 Å². The zero-order valence-electron chi connectivity index (χ0n) is 8.07. The number of hydrogen-bond donors (Lipinski definition) is 1. The Morgan fingerprint density at radius 3 is 3.00 bits per heavy atom. The molecule has 14 heavy (non-hydrogen) atoms. The molecule has 2 aromatic rings. The van der Waals surface area contributed by atoms with Crippen LogP contribution in [0.25, 0.3) is 5.65 Å². The second-order valence-electron chi connectivity index (χ2n) is 4.01. The van der Waals surface area contributed by atoms with Gasteiger partial charge in [-0.25, -0.2) is 4.98 Å². The van der Waals surface area contributed by atoms with Crippen LogP contribution in [0.2, 0.25) is 0 Å². The molecule has 0 amide bonds. The van der Waals surface area contributed by atoms with Gasteiger partial charge in [-0.3, -0.25) is 9.38 Å². The van der Waals surface area contributed by atoms with Crippen molar-refractivity contribution >= 4 is 5.65 Å². The lowest BCUT2D eigenvalue weighted by atomic mass is 10.1. The highest BCUT2D eigenvalue weighted by Crippen LogP contribution is 2.43. The second kappa shape index (κ2) is 2.33. The quantitative estimate of drug-likeness (QED) is 0.726. The first kappa shape index (κ1) is 7.94. The van der Waals surface area contributed by atoms with E-state index in [1.165, 1.54) is 0 Å². The molecule has 0 aliphatic heterocycles. The first-order valence-corrected chi connectivity index (χ1v) is 4.79. The molecule has 2 N–H and O–H groups in total. The van der Waals surface area contributed by atoms with Gasteiger partial charge in [0.1, 0.15) is 0 Å². The van der Waals surface area contributed by atoms with E-state index in [1.54, 1.807) is 12.4 Å². The molecule has 0 aromatic carbocycles. The molecule has 0 unspecified atom stereocenters. The molecule has 72 valence electrons. The van der Waals surface area contributed by atoms with Crippen molar-refractivity contribution in [3.63, 3.8) is 0 Å². The smallest absolute Gasteiger partial charge is 0.155 e. The number of nitrogens with zero attached hydrogens (tertiary/aromatic N) is 3. The minimum Gasteiger partial charge on any atom is -0.320 e. The van der Waals surface area contributed by atoms with Gasteiger partial charge in [-0.2, -0.15) is 0 Å². The molecule has 1 fully saturated rings. The number of aromatic nitrogens is 3. The van der Waals surface area contributed by atoms with Gasteiger partial charge in [-0.15, -0.1) is 0 Å². The third kappa shape index (κ3) is 0.915. The topological polar surface area (TPSA) is 56.2 Å². The molecule has 1 saturated carbocycles. The van der Waals surface area contributed by atoms with Crippen LogP contribution in [-0.4, -0.2) is 14.4 Å². The molecule has 4 heteroatoms. The zero-order valence-corrected chi connectivity index (χ0v) is 8.07. The third-order valence-electron chi connectivity index (χ3n) is 2.86. The summed E-state index contributed by atoms with van der Waals surface area (Å²) in [5.41, 5.74) is 9.12. The van der Waals surface area contributed by atoms with Crippen LogP contribution >= 0.6 is 0 Å². The zero-order chi connectivity index (χ0) is 9.76. The normalized spacial score (nSPS) is 18.7. The largest absolute Gasteiger partial charge is 0.320 e. The lowest BCUT2D eigenvalue weighted by Gasteiger charge is -2.09. The summed E-state index contributed by atoms with van der Waals surface area (Å²) < 4.78 is 2.05. The maximum atomic E-state index is 6.20. The van der Waals surface area contributed by atoms with Gasteiger partial charge < -0.3 is 5.73 Å². The van der Waals surface area contributed by atoms with Crippen molar-refractivity contribution in [2.24, 2.45) is 5.73 Å². The van der Waals surface area contributed by atoms with E-state index in [2.05, 4.69) is 14.4 Å². The van der Waals surface area contributed by atoms with Crippen LogP contribution in [-0.2, 0) is 5.54 Å². The molecule has 2 aromatic heterocycles. The molecule has 1 aliphatic carbocycles. The molecule has 4 nitrogen and oxygen atoms in total. The van der Waals surface area contributed by atoms with E-state index in [0.29, 0.717) is 0 Å². The number of nitrogens with two attached hydrogens (primary N) is 1. The van der Waals surface area contributed by atoms with Gasteiger partial charge in [0.05, 0.1) is 23.1 Å². The van der Waals surface area contributed by atoms with Gasteiger partial charge in [-0.1, -0.05) is 0 Å². The van der Waals surface area contributed by atoms with Gasteiger partial charge in [-0.05, 0) is 19.8 Å². The SMILES string of the molecule is Cc1nc2cnccn2c1C1(N)CC1. The van der Waals surface area contributed by atoms with E-state index in [4.69, 9.17) is 5.73 Å². The predicted molar refractivity (Wildman–Crippen MR) is 52.8 cm³/mol. The number of imidazole rings is 1. The van der Waals surface area contributed by atoms with Crippen LogP contribution in [0.5, 0.6) is 0 Å². The highest BCUT2D eigenvalue weighted by atomic mass is 15.1. The molecule has 2 heterocycles. The Morgan fingerprint density at radius 2 is 2.29 bits per heavy atom. The van der Waals surface area contributed by atoms with Gasteiger partial charge >= 0.3 is 0 Å². The number of hydrogen-bond acceptors (Lipinski definition) is 3. The van der Waals surface area contributed by atoms with Gasteiger partial charge in [0, 0.05) is 12.4 Å². The summed E-state index contributed by atoms with van der Waals surface area (Å²) in [6.07, 6.45) is 7.58. The Morgan fingerprint density at radius 1 is 1.50 bits per heavy atom. The molecular weight excluding hydrogens is 176 g/mol. The molecule has 0 radical (unpaired) electrons. The summed E-state index contributed by atoms with van der Waals surface area (Å²) in [6.45, 7) is 2.01. The Bertz CT molecular complexity index is 496. The van der Waals surface area contributed by atoms with Gasteiger partial charge in [0.15, 0.2) is 5.65 Å². The number of rotatable bonds is 1. The minimum absolute atomic E-state index is 0.134. The average Bonchev–Trinajstić information content (AvgIpc) is 2.79.